The van der Waals surface area contributed by atoms with Crippen molar-refractivity contribution in [3.63, 3.8) is 0 Å². The van der Waals surface area contributed by atoms with Crippen molar-refractivity contribution in [3.8, 4) is 5.69 Å². The van der Waals surface area contributed by atoms with Crippen molar-refractivity contribution >= 4 is 72.0 Å². The summed E-state index contributed by atoms with van der Waals surface area (Å²) < 4.78 is 4.82. The predicted octanol–water partition coefficient (Wildman–Crippen LogP) is 15.0. The molecule has 1 aliphatic rings. The lowest BCUT2D eigenvalue weighted by molar-refractivity contribution is 0.655. The van der Waals surface area contributed by atoms with E-state index in [9.17, 15) is 0 Å². The van der Waals surface area contributed by atoms with Gasteiger partial charge in [0.15, 0.2) is 0 Å². The zero-order valence-corrected chi connectivity index (χ0v) is 33.3. The number of hydrogen-bond donors (Lipinski definition) is 0. The normalized spacial score (nSPS) is 15.7. The molecule has 0 aliphatic carbocycles. The maximum absolute atomic E-state index is 4.29. The van der Waals surface area contributed by atoms with E-state index < -0.39 is 0 Å². The molecule has 0 spiro atoms. The van der Waals surface area contributed by atoms with E-state index in [4.69, 9.17) is 0 Å². The summed E-state index contributed by atoms with van der Waals surface area (Å²) in [5.74, 6) is 0.287. The first-order valence-corrected chi connectivity index (χ1v) is 20.6. The van der Waals surface area contributed by atoms with Crippen molar-refractivity contribution in [2.24, 2.45) is 0 Å². The van der Waals surface area contributed by atoms with Crippen molar-refractivity contribution < 1.29 is 0 Å². The maximum Gasteiger partial charge on any atom is 0.0554 e. The lowest BCUT2D eigenvalue weighted by atomic mass is 9.98. The van der Waals surface area contributed by atoms with Crippen molar-refractivity contribution in [2.45, 2.75) is 25.3 Å². The summed E-state index contributed by atoms with van der Waals surface area (Å²) in [5.41, 5.74) is 12.9. The minimum atomic E-state index is 0.0551. The summed E-state index contributed by atoms with van der Waals surface area (Å²) in [6, 6.07) is 59.8. The van der Waals surface area contributed by atoms with Crippen LogP contribution in [0, 0.1) is 0 Å². The molecular weight excluding hydrogens is 717 g/mol. The molecule has 0 saturated carbocycles. The molecule has 0 saturated heterocycles. The average molecular weight is 763 g/mol. The second-order valence-corrected chi connectivity index (χ2v) is 15.4. The van der Waals surface area contributed by atoms with E-state index >= 15 is 0 Å². The molecule has 4 nitrogen and oxygen atoms in total. The number of benzene rings is 7. The number of aromatic nitrogens is 2. The van der Waals surface area contributed by atoms with Crippen molar-refractivity contribution in [2.75, 3.05) is 16.3 Å². The van der Waals surface area contributed by atoms with E-state index in [0.717, 1.165) is 41.4 Å². The Balaban J connectivity index is 1.19. The summed E-state index contributed by atoms with van der Waals surface area (Å²) in [7, 11) is 0. The third-order valence-corrected chi connectivity index (χ3v) is 11.9. The van der Waals surface area contributed by atoms with Crippen molar-refractivity contribution in [1.29, 1.82) is 0 Å². The summed E-state index contributed by atoms with van der Waals surface area (Å²) in [6.07, 6.45) is 13.7. The highest BCUT2D eigenvalue weighted by Crippen LogP contribution is 2.44. The molecule has 0 amide bonds. The summed E-state index contributed by atoms with van der Waals surface area (Å²) in [4.78, 5) is 4.85. The van der Waals surface area contributed by atoms with Crippen LogP contribution in [0.2, 0.25) is 0 Å². The number of hydrogen-bond acceptors (Lipinski definition) is 2. The van der Waals surface area contributed by atoms with Crippen molar-refractivity contribution in [1.82, 2.24) is 9.13 Å². The molecule has 286 valence electrons. The molecule has 3 heterocycles. The number of para-hydroxylation sites is 4. The van der Waals surface area contributed by atoms with Crippen LogP contribution in [0.3, 0.4) is 0 Å². The summed E-state index contributed by atoms with van der Waals surface area (Å²) >= 11 is 0. The SMILES string of the molecule is C=CCC(C=C)n1c2ccc(N3C/C=C\C=C/C(C)c4ccccc43)cc2c2cc(N(c3ccccc3)c3ccc4c(c3)c3ccccc3n4-c3ccccc3)ccc21. The number of fused-ring (bicyclic) bond motifs is 7. The molecule has 7 aromatic carbocycles. The quantitative estimate of drug-likeness (QED) is 0.136. The molecule has 2 unspecified atom stereocenters. The molecule has 0 N–H and O–H groups in total. The first-order valence-electron chi connectivity index (χ1n) is 20.6. The van der Waals surface area contributed by atoms with Crippen LogP contribution in [-0.4, -0.2) is 15.7 Å². The van der Waals surface area contributed by atoms with Gasteiger partial charge in [0.1, 0.15) is 0 Å². The molecule has 4 heteroatoms. The van der Waals surface area contributed by atoms with Gasteiger partial charge in [0.25, 0.3) is 0 Å². The van der Waals surface area contributed by atoms with E-state index in [1.807, 2.05) is 6.08 Å². The van der Waals surface area contributed by atoms with Gasteiger partial charge in [-0.3, -0.25) is 0 Å². The first kappa shape index (κ1) is 36.1. The average Bonchev–Trinajstić information content (AvgIpc) is 3.81. The summed E-state index contributed by atoms with van der Waals surface area (Å²) in [5, 5.41) is 4.84. The lowest BCUT2D eigenvalue weighted by Crippen LogP contribution is -2.18. The Kier molecular flexibility index (Phi) is 9.31. The Hall–Kier alpha value is -7.30. The number of nitrogens with zero attached hydrogens (tertiary/aromatic N) is 4. The second kappa shape index (κ2) is 15.2. The Bertz CT molecular complexity index is 3070. The minimum Gasteiger partial charge on any atom is -0.337 e. The maximum atomic E-state index is 4.29. The molecule has 10 rings (SSSR count). The molecule has 59 heavy (non-hydrogen) atoms. The second-order valence-electron chi connectivity index (χ2n) is 15.4. The highest BCUT2D eigenvalue weighted by atomic mass is 15.1. The van der Waals surface area contributed by atoms with E-state index in [2.05, 4.69) is 233 Å². The van der Waals surface area contributed by atoms with Gasteiger partial charge in [0.2, 0.25) is 0 Å². The van der Waals surface area contributed by atoms with Gasteiger partial charge in [-0.2, -0.15) is 0 Å². The topological polar surface area (TPSA) is 16.3 Å². The van der Waals surface area contributed by atoms with Crippen LogP contribution in [0.25, 0.3) is 49.3 Å². The van der Waals surface area contributed by atoms with Gasteiger partial charge in [0, 0.05) is 79.2 Å². The van der Waals surface area contributed by atoms with E-state index in [0.29, 0.717) is 0 Å². The van der Waals surface area contributed by atoms with Crippen LogP contribution >= 0.6 is 0 Å². The van der Waals surface area contributed by atoms with Gasteiger partial charge in [-0.15, -0.1) is 13.2 Å². The van der Waals surface area contributed by atoms with Crippen LogP contribution in [0.4, 0.5) is 28.4 Å². The van der Waals surface area contributed by atoms with E-state index in [1.165, 1.54) is 54.9 Å². The molecule has 0 bridgehead atoms. The van der Waals surface area contributed by atoms with Gasteiger partial charge in [0.05, 0.1) is 17.1 Å². The molecule has 0 fully saturated rings. The predicted molar refractivity (Wildman–Crippen MR) is 253 cm³/mol. The lowest BCUT2D eigenvalue weighted by Gasteiger charge is -2.27. The van der Waals surface area contributed by atoms with E-state index in [1.54, 1.807) is 0 Å². The van der Waals surface area contributed by atoms with Gasteiger partial charge < -0.3 is 18.9 Å². The van der Waals surface area contributed by atoms with Gasteiger partial charge in [-0.25, -0.2) is 0 Å². The monoisotopic (exact) mass is 762 g/mol. The highest BCUT2D eigenvalue weighted by molar-refractivity contribution is 6.12. The van der Waals surface area contributed by atoms with E-state index in [-0.39, 0.29) is 12.0 Å². The van der Waals surface area contributed by atoms with Gasteiger partial charge in [-0.05, 0) is 103 Å². The fourth-order valence-corrected chi connectivity index (χ4v) is 9.19. The third-order valence-electron chi connectivity index (χ3n) is 11.9. The first-order chi connectivity index (χ1) is 29.1. The van der Waals surface area contributed by atoms with Crippen LogP contribution in [0.5, 0.6) is 0 Å². The Morgan fingerprint density at radius 2 is 1.22 bits per heavy atom. The Labute approximate surface area is 346 Å². The van der Waals surface area contributed by atoms with Crippen LogP contribution in [0.1, 0.15) is 30.9 Å². The fourth-order valence-electron chi connectivity index (χ4n) is 9.19. The number of anilines is 5. The standard InChI is InChI=1S/C55H46N4/c1-4-19-40(5-2)58-54-32-29-43(56-35-18-8-9-20-39(3)46-25-14-16-27-51(46)56)36-49(54)50-38-45(31-34-55(50)58)57(41-21-10-6-11-22-41)44-30-33-53-48(37-44)47-26-15-17-28-52(47)59(53)42-23-12-7-13-24-42/h4-18,20-34,36-40H,1-2,19,35H2,3H3/b18-8-,20-9-. The molecule has 9 aromatic rings. The number of allylic oxidation sites excluding steroid dienone is 5. The largest absolute Gasteiger partial charge is 0.337 e. The number of rotatable bonds is 9. The van der Waals surface area contributed by atoms with Crippen LogP contribution < -0.4 is 9.80 Å². The van der Waals surface area contributed by atoms with Gasteiger partial charge >= 0.3 is 0 Å². The molecular formula is C55H46N4. The fraction of sp³-hybridized carbons (Fsp3) is 0.0909. The molecule has 2 atom stereocenters. The zero-order chi connectivity index (χ0) is 39.9. The van der Waals surface area contributed by atoms with Crippen LogP contribution in [0.15, 0.2) is 213 Å². The minimum absolute atomic E-state index is 0.0551. The molecule has 1 aliphatic heterocycles. The smallest absolute Gasteiger partial charge is 0.0554 e. The zero-order valence-electron chi connectivity index (χ0n) is 33.3. The Morgan fingerprint density at radius 3 is 1.98 bits per heavy atom. The highest BCUT2D eigenvalue weighted by Gasteiger charge is 2.23. The summed E-state index contributed by atoms with van der Waals surface area (Å²) in [6.45, 7) is 11.5. The Morgan fingerprint density at radius 1 is 0.593 bits per heavy atom. The molecule has 2 aromatic heterocycles. The van der Waals surface area contributed by atoms with Crippen LogP contribution in [-0.2, 0) is 0 Å². The van der Waals surface area contributed by atoms with Gasteiger partial charge in [-0.1, -0.05) is 116 Å². The third kappa shape index (κ3) is 6.25. The molecule has 0 radical (unpaired) electrons. The van der Waals surface area contributed by atoms with Crippen molar-refractivity contribution in [3.05, 3.63) is 219 Å².